The van der Waals surface area contributed by atoms with E-state index in [-0.39, 0.29) is 11.6 Å². The molecule has 3 heteroatoms. The number of ether oxygens (including phenoxy) is 2. The van der Waals surface area contributed by atoms with Gasteiger partial charge in [0.25, 0.3) is 0 Å². The first kappa shape index (κ1) is 15.9. The lowest BCUT2D eigenvalue weighted by Crippen LogP contribution is -2.47. The molecule has 0 aromatic heterocycles. The summed E-state index contributed by atoms with van der Waals surface area (Å²) in [5, 5.41) is 0. The van der Waals surface area contributed by atoms with Crippen molar-refractivity contribution in [2.75, 3.05) is 13.7 Å². The van der Waals surface area contributed by atoms with Gasteiger partial charge in [0.1, 0.15) is 5.60 Å². The number of rotatable bonds is 7. The van der Waals surface area contributed by atoms with Gasteiger partial charge in [0.2, 0.25) is 0 Å². The van der Waals surface area contributed by atoms with Crippen molar-refractivity contribution in [2.45, 2.75) is 70.3 Å². The molecule has 4 aliphatic rings. The molecular formula is C20H32O3. The number of methoxy groups -OCH3 is 1. The highest BCUT2D eigenvalue weighted by Gasteiger charge is 2.67. The summed E-state index contributed by atoms with van der Waals surface area (Å²) in [6, 6.07) is 0. The Kier molecular flexibility index (Phi) is 4.19. The topological polar surface area (TPSA) is 35.5 Å². The third kappa shape index (κ3) is 2.45. The van der Waals surface area contributed by atoms with Crippen LogP contribution in [0.1, 0.15) is 64.7 Å². The number of carbonyl (C=O) groups excluding carboxylic acids is 1. The van der Waals surface area contributed by atoms with Gasteiger partial charge in [-0.05, 0) is 81.0 Å². The molecule has 4 aliphatic carbocycles. The zero-order valence-corrected chi connectivity index (χ0v) is 14.8. The summed E-state index contributed by atoms with van der Waals surface area (Å²) in [6.07, 6.45) is 10.3. The fourth-order valence-electron chi connectivity index (χ4n) is 7.09. The average Bonchev–Trinajstić information content (AvgIpc) is 3.29. The Bertz CT molecular complexity index is 462. The summed E-state index contributed by atoms with van der Waals surface area (Å²) in [4.78, 5) is 12.4. The quantitative estimate of drug-likeness (QED) is 0.401. The smallest absolute Gasteiger partial charge is 0.306 e. The first-order valence-corrected chi connectivity index (χ1v) is 9.89. The summed E-state index contributed by atoms with van der Waals surface area (Å²) in [5.41, 5.74) is -0.116. The monoisotopic (exact) mass is 320 g/mol. The van der Waals surface area contributed by atoms with Crippen LogP contribution in [0.15, 0.2) is 0 Å². The van der Waals surface area contributed by atoms with Crippen molar-refractivity contribution >= 4 is 5.97 Å². The van der Waals surface area contributed by atoms with Crippen molar-refractivity contribution in [3.8, 4) is 0 Å². The summed E-state index contributed by atoms with van der Waals surface area (Å²) in [6.45, 7) is 2.98. The third-order valence-electron chi connectivity index (χ3n) is 7.79. The maximum absolute atomic E-state index is 12.4. The van der Waals surface area contributed by atoms with E-state index in [1.165, 1.54) is 25.7 Å². The minimum Gasteiger partial charge on any atom is -0.459 e. The molecule has 0 amide bonds. The number of hydrogen-bond donors (Lipinski definition) is 0. The number of esters is 1. The van der Waals surface area contributed by atoms with Gasteiger partial charge in [-0.2, -0.15) is 0 Å². The molecular weight excluding hydrogens is 288 g/mol. The molecule has 0 aliphatic heterocycles. The summed E-state index contributed by atoms with van der Waals surface area (Å²) >= 11 is 0. The summed E-state index contributed by atoms with van der Waals surface area (Å²) in [7, 11) is 1.71. The van der Waals surface area contributed by atoms with E-state index in [4.69, 9.17) is 9.47 Å². The largest absolute Gasteiger partial charge is 0.459 e. The van der Waals surface area contributed by atoms with Gasteiger partial charge in [-0.1, -0.05) is 6.92 Å². The fraction of sp³-hybridized carbons (Fsp3) is 0.950. The second-order valence-electron chi connectivity index (χ2n) is 8.64. The molecule has 0 heterocycles. The average molecular weight is 320 g/mol. The molecule has 3 nitrogen and oxygen atoms in total. The summed E-state index contributed by atoms with van der Waals surface area (Å²) in [5.74, 6) is 5.39. The van der Waals surface area contributed by atoms with E-state index >= 15 is 0 Å². The molecule has 4 rings (SSSR count). The minimum absolute atomic E-state index is 0.0372. The van der Waals surface area contributed by atoms with Crippen LogP contribution in [0.25, 0.3) is 0 Å². The molecule has 23 heavy (non-hydrogen) atoms. The first-order valence-electron chi connectivity index (χ1n) is 9.89. The number of fused-ring (bicyclic) bond motifs is 9. The van der Waals surface area contributed by atoms with Crippen LogP contribution < -0.4 is 0 Å². The highest BCUT2D eigenvalue weighted by molar-refractivity contribution is 5.70. The van der Waals surface area contributed by atoms with Crippen molar-refractivity contribution in [3.05, 3.63) is 0 Å². The Hall–Kier alpha value is -0.570. The Morgan fingerprint density at radius 2 is 1.87 bits per heavy atom. The number of carbonyl (C=O) groups is 1. The van der Waals surface area contributed by atoms with E-state index in [1.807, 2.05) is 0 Å². The molecule has 4 bridgehead atoms. The minimum atomic E-state index is -0.116. The van der Waals surface area contributed by atoms with Crippen molar-refractivity contribution in [1.82, 2.24) is 0 Å². The molecule has 4 saturated carbocycles. The highest BCUT2D eigenvalue weighted by atomic mass is 16.6. The molecule has 4 fully saturated rings. The first-order chi connectivity index (χ1) is 11.2. The Balaban J connectivity index is 1.40. The molecule has 0 spiro atoms. The van der Waals surface area contributed by atoms with Gasteiger partial charge in [0, 0.05) is 26.1 Å². The van der Waals surface area contributed by atoms with Crippen LogP contribution in [0.5, 0.6) is 0 Å². The van der Waals surface area contributed by atoms with Crippen molar-refractivity contribution in [1.29, 1.82) is 0 Å². The van der Waals surface area contributed by atoms with Crippen molar-refractivity contribution < 1.29 is 14.3 Å². The van der Waals surface area contributed by atoms with Gasteiger partial charge in [0.15, 0.2) is 0 Å². The Morgan fingerprint density at radius 1 is 1.09 bits per heavy atom. The molecule has 0 radical (unpaired) electrons. The standard InChI is InChI=1S/C20H32O3/c1-3-20(23-17(21)6-4-5-9-22-2)12-15-11-16(20)19-14-8-7-13(10-14)18(15)19/h13-16,18-19H,3-12H2,1-2H3. The lowest BCUT2D eigenvalue weighted by molar-refractivity contribution is -0.172. The predicted molar refractivity (Wildman–Crippen MR) is 88.9 cm³/mol. The number of unbranched alkanes of at least 4 members (excludes halogenated alkanes) is 1. The van der Waals surface area contributed by atoms with Gasteiger partial charge in [0.05, 0.1) is 0 Å². The van der Waals surface area contributed by atoms with Gasteiger partial charge < -0.3 is 9.47 Å². The zero-order chi connectivity index (χ0) is 16.0. The molecule has 0 N–H and O–H groups in total. The van der Waals surface area contributed by atoms with E-state index in [2.05, 4.69) is 6.92 Å². The normalized spacial score (nSPS) is 46.3. The summed E-state index contributed by atoms with van der Waals surface area (Å²) < 4.78 is 11.3. The maximum atomic E-state index is 12.4. The number of hydrogen-bond acceptors (Lipinski definition) is 3. The van der Waals surface area contributed by atoms with Crippen LogP contribution in [0.2, 0.25) is 0 Å². The Morgan fingerprint density at radius 3 is 2.61 bits per heavy atom. The molecule has 7 atom stereocenters. The van der Waals surface area contributed by atoms with Crippen LogP contribution in [0.4, 0.5) is 0 Å². The van der Waals surface area contributed by atoms with Crippen LogP contribution in [-0.2, 0) is 14.3 Å². The van der Waals surface area contributed by atoms with Gasteiger partial charge >= 0.3 is 5.97 Å². The lowest BCUT2D eigenvalue weighted by Gasteiger charge is -2.45. The predicted octanol–water partition coefficient (Wildman–Crippen LogP) is 4.20. The second kappa shape index (κ2) is 6.06. The van der Waals surface area contributed by atoms with Crippen LogP contribution in [0.3, 0.4) is 0 Å². The van der Waals surface area contributed by atoms with Gasteiger partial charge in [-0.3, -0.25) is 4.79 Å². The molecule has 0 aromatic rings. The van der Waals surface area contributed by atoms with Gasteiger partial charge in [-0.25, -0.2) is 0 Å². The molecule has 130 valence electrons. The van der Waals surface area contributed by atoms with E-state index in [9.17, 15) is 4.79 Å². The van der Waals surface area contributed by atoms with Crippen LogP contribution in [-0.4, -0.2) is 25.3 Å². The molecule has 0 saturated heterocycles. The van der Waals surface area contributed by atoms with Gasteiger partial charge in [-0.15, -0.1) is 0 Å². The van der Waals surface area contributed by atoms with E-state index in [0.717, 1.165) is 61.9 Å². The molecule has 7 unspecified atom stereocenters. The fourth-order valence-corrected chi connectivity index (χ4v) is 7.09. The lowest BCUT2D eigenvalue weighted by atomic mass is 9.65. The van der Waals surface area contributed by atoms with Crippen molar-refractivity contribution in [3.63, 3.8) is 0 Å². The van der Waals surface area contributed by atoms with Crippen LogP contribution in [0, 0.1) is 35.5 Å². The second-order valence-corrected chi connectivity index (χ2v) is 8.64. The highest BCUT2D eigenvalue weighted by Crippen LogP contribution is 2.70. The van der Waals surface area contributed by atoms with E-state index in [0.29, 0.717) is 12.3 Å². The zero-order valence-electron chi connectivity index (χ0n) is 14.8. The maximum Gasteiger partial charge on any atom is 0.306 e. The van der Waals surface area contributed by atoms with Crippen LogP contribution >= 0.6 is 0 Å². The Labute approximate surface area is 140 Å². The third-order valence-corrected chi connectivity index (χ3v) is 7.79. The van der Waals surface area contributed by atoms with E-state index in [1.54, 1.807) is 7.11 Å². The van der Waals surface area contributed by atoms with E-state index < -0.39 is 0 Å². The van der Waals surface area contributed by atoms with Crippen molar-refractivity contribution in [2.24, 2.45) is 35.5 Å². The SMILES string of the molecule is CCC1(OC(=O)CCCCOC)CC2CC1C1C3CCC(C3)C21. The molecule has 0 aromatic carbocycles.